The predicted molar refractivity (Wildman–Crippen MR) is 218 cm³/mol. The van der Waals surface area contributed by atoms with E-state index in [0.29, 0.717) is 69.4 Å². The normalized spacial score (nSPS) is 16.2. The maximum atomic E-state index is 13.3. The van der Waals surface area contributed by atoms with Crippen LogP contribution in [0, 0.1) is 0 Å². The third-order valence-electron chi connectivity index (χ3n) is 11.2. The highest BCUT2D eigenvalue weighted by molar-refractivity contribution is 7.86. The van der Waals surface area contributed by atoms with Crippen molar-refractivity contribution < 1.29 is 32.4 Å². The monoisotopic (exact) mass is 781 g/mol. The van der Waals surface area contributed by atoms with Gasteiger partial charge in [-0.15, -0.1) is 0 Å². The summed E-state index contributed by atoms with van der Waals surface area (Å²) in [6.45, 7) is 11.1. The van der Waals surface area contributed by atoms with E-state index in [4.69, 9.17) is 10.3 Å². The molecule has 0 unspecified atom stereocenters. The molecule has 0 atom stereocenters. The first-order valence-corrected chi connectivity index (χ1v) is 20.4. The Labute approximate surface area is 327 Å². The molecule has 14 heteroatoms. The van der Waals surface area contributed by atoms with Crippen LogP contribution in [0.5, 0.6) is 11.5 Å². The van der Waals surface area contributed by atoms with Crippen molar-refractivity contribution in [3.8, 4) is 11.5 Å². The van der Waals surface area contributed by atoms with Crippen molar-refractivity contribution in [1.29, 1.82) is 0 Å². The Morgan fingerprint density at radius 2 is 1.68 bits per heavy atom. The largest absolute Gasteiger partial charge is 0.478 e. The molecule has 0 saturated heterocycles. The topological polar surface area (TPSA) is 185 Å². The number of hydrogen-bond acceptors (Lipinski definition) is 7. The van der Waals surface area contributed by atoms with Crippen molar-refractivity contribution >= 4 is 44.4 Å². The van der Waals surface area contributed by atoms with Crippen LogP contribution in [-0.2, 0) is 10.1 Å². The number of aromatic carboxylic acids is 1. The van der Waals surface area contributed by atoms with Gasteiger partial charge in [-0.3, -0.25) is 9.35 Å². The number of allylic oxidation sites excluding steroid dienone is 1. The Balaban J connectivity index is 1.56. The molecule has 0 bridgehead atoms. The highest BCUT2D eigenvalue weighted by Crippen LogP contribution is 2.47. The van der Waals surface area contributed by atoms with Crippen LogP contribution in [0.2, 0.25) is 0 Å². The lowest BCUT2D eigenvalue weighted by atomic mass is 9.82. The van der Waals surface area contributed by atoms with Crippen LogP contribution in [0.25, 0.3) is 27.2 Å². The number of carbonyl (C=O) groups is 2. The van der Waals surface area contributed by atoms with Gasteiger partial charge in [0, 0.05) is 78.1 Å². The number of carbonyl (C=O) groups excluding carboxylic acids is 1. The minimum absolute atomic E-state index is 0.0867. The Bertz CT molecular complexity index is 2510. The SMILES string of the molecule is CCC1=CC(C)(C)N(C)c2cc3c(cc21)C(c1ccc(C(=O)NCCCCCCN=[N+]=[N-])cc1C(=O)O)=c1cc2c(cc1O3)=[N+](C)C(C)(C)C=C2CS(=O)(=O)O. The molecule has 3 aliphatic rings. The van der Waals surface area contributed by atoms with Gasteiger partial charge >= 0.3 is 5.97 Å². The quantitative estimate of drug-likeness (QED) is 0.0341. The zero-order valence-electron chi connectivity index (χ0n) is 32.9. The van der Waals surface area contributed by atoms with Crippen molar-refractivity contribution in [2.75, 3.05) is 37.8 Å². The number of ether oxygens (including phenoxy) is 1. The predicted octanol–water partition coefficient (Wildman–Crippen LogP) is 6.54. The smallest absolute Gasteiger partial charge is 0.336 e. The number of carboxylic acid groups (broad SMARTS) is 1. The Kier molecular flexibility index (Phi) is 11.0. The maximum absolute atomic E-state index is 13.3. The fourth-order valence-corrected chi connectivity index (χ4v) is 8.47. The van der Waals surface area contributed by atoms with Crippen molar-refractivity contribution in [2.45, 2.75) is 77.8 Å². The summed E-state index contributed by atoms with van der Waals surface area (Å²) in [6, 6.07) is 12.3. The second kappa shape index (κ2) is 15.2. The van der Waals surface area contributed by atoms with Gasteiger partial charge in [-0.05, 0) is 85.7 Å². The standard InChI is InChI=1S/C42H48N6O7S/c1-8-25-22-41(2,3)47(6)34-20-36-32(18-29(25)34)38(28-14-13-26(17-31(28)40(50)51)39(49)44-15-11-9-10-12-16-45-46-43)33-19-30-27(24-56(52,53)54)23-42(4,5)48(7)35(30)21-37(33)55-36/h13-14,17-23H,8-12,15-16,24H2,1-7H3,(H2-,44,49,50,51,52,53,54)/p+1. The van der Waals surface area contributed by atoms with Gasteiger partial charge < -0.3 is 20.1 Å². The van der Waals surface area contributed by atoms with Crippen LogP contribution in [0.15, 0.2) is 59.7 Å². The molecule has 3 aromatic carbocycles. The number of carboxylic acids is 1. The van der Waals surface area contributed by atoms with E-state index < -0.39 is 33.3 Å². The van der Waals surface area contributed by atoms with E-state index in [1.807, 2.05) is 62.9 Å². The first-order valence-electron chi connectivity index (χ1n) is 18.8. The Morgan fingerprint density at radius 3 is 2.36 bits per heavy atom. The molecule has 1 amide bonds. The van der Waals surface area contributed by atoms with Gasteiger partial charge in [0.15, 0.2) is 5.54 Å². The summed E-state index contributed by atoms with van der Waals surface area (Å²) in [7, 11) is -0.484. The van der Waals surface area contributed by atoms with Gasteiger partial charge in [0.25, 0.3) is 16.0 Å². The summed E-state index contributed by atoms with van der Waals surface area (Å²) < 4.78 is 43.4. The second-order valence-electron chi connectivity index (χ2n) is 15.7. The van der Waals surface area contributed by atoms with Crippen molar-refractivity contribution in [1.82, 2.24) is 9.89 Å². The zero-order valence-corrected chi connectivity index (χ0v) is 33.7. The van der Waals surface area contributed by atoms with Crippen molar-refractivity contribution in [2.24, 2.45) is 5.11 Å². The molecular formula is C42H49N6O7S+. The average Bonchev–Trinajstić information content (AvgIpc) is 3.13. The van der Waals surface area contributed by atoms with E-state index in [0.717, 1.165) is 42.5 Å². The fourth-order valence-electron chi connectivity index (χ4n) is 7.84. The Hall–Kier alpha value is -5.43. The third-order valence-corrected chi connectivity index (χ3v) is 11.9. The molecule has 294 valence electrons. The summed E-state index contributed by atoms with van der Waals surface area (Å²) in [4.78, 5) is 31.4. The summed E-state index contributed by atoms with van der Waals surface area (Å²) in [6.07, 6.45) is 7.99. The van der Waals surface area contributed by atoms with Crippen LogP contribution in [-0.4, -0.2) is 74.0 Å². The third kappa shape index (κ3) is 7.82. The van der Waals surface area contributed by atoms with Crippen LogP contribution in [0.3, 0.4) is 0 Å². The molecule has 0 aliphatic carbocycles. The first-order chi connectivity index (χ1) is 26.4. The van der Waals surface area contributed by atoms with Crippen LogP contribution in [0.4, 0.5) is 5.69 Å². The summed E-state index contributed by atoms with van der Waals surface area (Å²) in [5, 5.41) is 18.4. The number of fused-ring (bicyclic) bond motifs is 4. The summed E-state index contributed by atoms with van der Waals surface area (Å²) >= 11 is 0. The molecule has 3 N–H and O–H groups in total. The van der Waals surface area contributed by atoms with Gasteiger partial charge in [0.1, 0.15) is 24.3 Å². The number of nitrogens with zero attached hydrogens (tertiary/aromatic N) is 5. The number of unbranched alkanes of at least 4 members (excludes halogenated alkanes) is 3. The zero-order chi connectivity index (χ0) is 40.7. The number of benzene rings is 3. The molecule has 0 spiro atoms. The molecule has 0 aromatic heterocycles. The number of azide groups is 1. The highest BCUT2D eigenvalue weighted by Gasteiger charge is 2.37. The second-order valence-corrected chi connectivity index (χ2v) is 17.2. The molecule has 3 aromatic rings. The van der Waals surface area contributed by atoms with E-state index in [9.17, 15) is 27.7 Å². The van der Waals surface area contributed by atoms with Gasteiger partial charge in [0.2, 0.25) is 5.36 Å². The minimum atomic E-state index is -4.42. The van der Waals surface area contributed by atoms with Crippen molar-refractivity contribution in [3.63, 3.8) is 0 Å². The maximum Gasteiger partial charge on any atom is 0.336 e. The molecule has 0 fully saturated rings. The molecular weight excluding hydrogens is 733 g/mol. The van der Waals surface area contributed by atoms with Gasteiger partial charge in [0.05, 0.1) is 22.7 Å². The minimum Gasteiger partial charge on any atom is -0.478 e. The van der Waals surface area contributed by atoms with E-state index in [1.165, 1.54) is 6.07 Å². The van der Waals surface area contributed by atoms with E-state index in [-0.39, 0.29) is 16.7 Å². The average molecular weight is 782 g/mol. The van der Waals surface area contributed by atoms with Crippen LogP contribution < -0.4 is 30.1 Å². The van der Waals surface area contributed by atoms with Crippen molar-refractivity contribution in [3.05, 3.63) is 109 Å². The number of anilines is 1. The van der Waals surface area contributed by atoms with Gasteiger partial charge in [-0.25, -0.2) is 9.37 Å². The van der Waals surface area contributed by atoms with E-state index in [2.05, 4.69) is 47.1 Å². The molecule has 3 heterocycles. The van der Waals surface area contributed by atoms with E-state index in [1.54, 1.807) is 12.1 Å². The highest BCUT2D eigenvalue weighted by atomic mass is 32.2. The lowest BCUT2D eigenvalue weighted by molar-refractivity contribution is 0.0696. The number of amides is 1. The van der Waals surface area contributed by atoms with Gasteiger partial charge in [-0.2, -0.15) is 8.42 Å². The summed E-state index contributed by atoms with van der Waals surface area (Å²) in [5.74, 6) is -1.26. The van der Waals surface area contributed by atoms with Crippen LogP contribution in [0.1, 0.15) is 110 Å². The Morgan fingerprint density at radius 1 is 0.946 bits per heavy atom. The number of nitrogens with one attached hydrogen (secondary N) is 1. The summed E-state index contributed by atoms with van der Waals surface area (Å²) in [5.41, 5.74) is 13.3. The van der Waals surface area contributed by atoms with Gasteiger partial charge in [-0.1, -0.05) is 37.0 Å². The molecule has 0 saturated carbocycles. The lowest BCUT2D eigenvalue weighted by Gasteiger charge is -2.41. The molecule has 0 radical (unpaired) electrons. The van der Waals surface area contributed by atoms with Crippen LogP contribution >= 0.6 is 0 Å². The first kappa shape index (κ1) is 40.2. The molecule has 56 heavy (non-hydrogen) atoms. The lowest BCUT2D eigenvalue weighted by Crippen LogP contribution is -2.47. The molecule has 6 rings (SSSR count). The number of hydrogen-bond donors (Lipinski definition) is 3. The molecule has 3 aliphatic heterocycles. The number of rotatable bonds is 13. The number of likely N-dealkylation sites (N-methyl/N-ethyl adjacent to an activating group) is 2. The van der Waals surface area contributed by atoms with E-state index >= 15 is 0 Å². The molecule has 13 nitrogen and oxygen atoms in total. The fraction of sp³-hybridized carbons (Fsp3) is 0.405.